The molecule has 23 heavy (non-hydrogen) atoms. The molecule has 1 aliphatic rings. The third-order valence-corrected chi connectivity index (χ3v) is 5.08. The summed E-state index contributed by atoms with van der Waals surface area (Å²) in [6.45, 7) is 4.98. The molecule has 0 bridgehead atoms. The molecule has 0 amide bonds. The first-order valence-electron chi connectivity index (χ1n) is 8.21. The van der Waals surface area contributed by atoms with E-state index in [9.17, 15) is 4.39 Å². The highest BCUT2D eigenvalue weighted by Crippen LogP contribution is 2.25. The number of nitrogens with zero attached hydrogens (tertiary/aromatic N) is 3. The van der Waals surface area contributed by atoms with Crippen LogP contribution in [0.1, 0.15) is 39.5 Å². The largest absolute Gasteiger partial charge is 0.258 e. The Labute approximate surface area is 140 Å². The lowest BCUT2D eigenvalue weighted by Gasteiger charge is -2.19. The van der Waals surface area contributed by atoms with Gasteiger partial charge in [0.05, 0.1) is 5.69 Å². The molecule has 0 radical (unpaired) electrons. The summed E-state index contributed by atoms with van der Waals surface area (Å²) < 4.78 is 16.0. The smallest absolute Gasteiger partial charge is 0.206 e. The third kappa shape index (κ3) is 3.61. The number of hydrogen-bond acceptors (Lipinski definition) is 3. The Hall–Kier alpha value is -1.75. The quantitative estimate of drug-likeness (QED) is 0.781. The second-order valence-electron chi connectivity index (χ2n) is 6.02. The van der Waals surface area contributed by atoms with Crippen molar-refractivity contribution in [2.45, 2.75) is 39.5 Å². The van der Waals surface area contributed by atoms with E-state index in [1.165, 1.54) is 36.0 Å². The maximum Gasteiger partial charge on any atom is 0.206 e. The predicted octanol–water partition coefficient (Wildman–Crippen LogP) is 4.69. The van der Waals surface area contributed by atoms with Crippen molar-refractivity contribution >= 4 is 17.0 Å². The molecule has 3 nitrogen and oxygen atoms in total. The van der Waals surface area contributed by atoms with Gasteiger partial charge in [-0.2, -0.15) is 5.10 Å². The summed E-state index contributed by atoms with van der Waals surface area (Å²) in [5, 5.41) is 6.78. The van der Waals surface area contributed by atoms with Gasteiger partial charge in [-0.1, -0.05) is 19.1 Å². The van der Waals surface area contributed by atoms with E-state index < -0.39 is 0 Å². The molecule has 0 atom stereocenters. The molecule has 0 spiro atoms. The zero-order valence-corrected chi connectivity index (χ0v) is 14.4. The Morgan fingerprint density at radius 1 is 1.26 bits per heavy atom. The maximum atomic E-state index is 14.2. The molecule has 1 saturated carbocycles. The Morgan fingerprint density at radius 3 is 2.70 bits per heavy atom. The molecule has 1 heterocycles. The SMILES string of the molecule is CCN=c1scc(-c2ccccc2F)n1N=C1CCC(C)CC1. The van der Waals surface area contributed by atoms with Gasteiger partial charge in [0, 0.05) is 23.2 Å². The minimum absolute atomic E-state index is 0.223. The highest BCUT2D eigenvalue weighted by Gasteiger charge is 2.16. The molecular formula is C18H22FN3S. The highest BCUT2D eigenvalue weighted by atomic mass is 32.1. The Balaban J connectivity index is 2.07. The maximum absolute atomic E-state index is 14.2. The fourth-order valence-electron chi connectivity index (χ4n) is 2.83. The topological polar surface area (TPSA) is 29.6 Å². The van der Waals surface area contributed by atoms with Gasteiger partial charge in [-0.05, 0) is 50.7 Å². The van der Waals surface area contributed by atoms with Crippen molar-refractivity contribution in [1.82, 2.24) is 4.68 Å². The van der Waals surface area contributed by atoms with Crippen molar-refractivity contribution in [3.63, 3.8) is 0 Å². The highest BCUT2D eigenvalue weighted by molar-refractivity contribution is 7.07. The summed E-state index contributed by atoms with van der Waals surface area (Å²) in [5.74, 6) is 0.548. The van der Waals surface area contributed by atoms with Crippen LogP contribution in [0.3, 0.4) is 0 Å². The molecular weight excluding hydrogens is 309 g/mol. The van der Waals surface area contributed by atoms with Crippen molar-refractivity contribution in [1.29, 1.82) is 0 Å². The second kappa shape index (κ2) is 7.21. The van der Waals surface area contributed by atoms with Crippen molar-refractivity contribution in [3.05, 3.63) is 40.3 Å². The second-order valence-corrected chi connectivity index (χ2v) is 6.85. The van der Waals surface area contributed by atoms with Gasteiger partial charge in [-0.3, -0.25) is 4.99 Å². The zero-order chi connectivity index (χ0) is 16.2. The van der Waals surface area contributed by atoms with E-state index >= 15 is 0 Å². The molecule has 1 fully saturated rings. The molecule has 2 aromatic rings. The van der Waals surface area contributed by atoms with Crippen molar-refractivity contribution in [3.8, 4) is 11.3 Å². The summed E-state index contributed by atoms with van der Waals surface area (Å²) in [6.07, 6.45) is 4.40. The summed E-state index contributed by atoms with van der Waals surface area (Å²) >= 11 is 1.52. The van der Waals surface area contributed by atoms with Gasteiger partial charge < -0.3 is 0 Å². The van der Waals surface area contributed by atoms with Gasteiger partial charge >= 0.3 is 0 Å². The van der Waals surface area contributed by atoms with Crippen molar-refractivity contribution < 1.29 is 4.39 Å². The molecule has 0 unspecified atom stereocenters. The van der Waals surface area contributed by atoms with E-state index in [-0.39, 0.29) is 5.82 Å². The Morgan fingerprint density at radius 2 is 2.00 bits per heavy atom. The van der Waals surface area contributed by atoms with Crippen LogP contribution in [-0.4, -0.2) is 16.9 Å². The van der Waals surface area contributed by atoms with Gasteiger partial charge in [-0.15, -0.1) is 11.3 Å². The molecule has 5 heteroatoms. The molecule has 0 N–H and O–H groups in total. The minimum atomic E-state index is -0.223. The number of rotatable bonds is 3. The molecule has 1 aliphatic carbocycles. The van der Waals surface area contributed by atoms with E-state index in [4.69, 9.17) is 5.10 Å². The summed E-state index contributed by atoms with van der Waals surface area (Å²) in [4.78, 5) is 5.35. The van der Waals surface area contributed by atoms with E-state index in [2.05, 4.69) is 11.9 Å². The predicted molar refractivity (Wildman–Crippen MR) is 94.3 cm³/mol. The first kappa shape index (κ1) is 16.1. The lowest BCUT2D eigenvalue weighted by Crippen LogP contribution is -2.18. The average Bonchev–Trinajstić information content (AvgIpc) is 2.93. The fourth-order valence-corrected chi connectivity index (χ4v) is 3.72. The van der Waals surface area contributed by atoms with E-state index in [1.807, 2.05) is 23.0 Å². The zero-order valence-electron chi connectivity index (χ0n) is 13.6. The van der Waals surface area contributed by atoms with Gasteiger partial charge in [0.25, 0.3) is 0 Å². The number of benzene rings is 1. The molecule has 3 rings (SSSR count). The lowest BCUT2D eigenvalue weighted by molar-refractivity contribution is 0.481. The standard InChI is InChI=1S/C18H22FN3S/c1-3-20-18-22(21-14-10-8-13(2)9-11-14)17(12-23-18)15-6-4-5-7-16(15)19/h4-7,12-13H,3,8-11H2,1-2H3. The van der Waals surface area contributed by atoms with Gasteiger partial charge in [0.15, 0.2) is 0 Å². The third-order valence-electron chi connectivity index (χ3n) is 4.22. The first-order valence-corrected chi connectivity index (χ1v) is 9.09. The van der Waals surface area contributed by atoms with Gasteiger partial charge in [0.2, 0.25) is 4.80 Å². The molecule has 0 aliphatic heterocycles. The van der Waals surface area contributed by atoms with Crippen LogP contribution >= 0.6 is 11.3 Å². The van der Waals surface area contributed by atoms with Crippen LogP contribution in [0.4, 0.5) is 4.39 Å². The molecule has 122 valence electrons. The Kier molecular flexibility index (Phi) is 5.06. The van der Waals surface area contributed by atoms with Crippen LogP contribution in [0.5, 0.6) is 0 Å². The van der Waals surface area contributed by atoms with Crippen LogP contribution in [0, 0.1) is 11.7 Å². The van der Waals surface area contributed by atoms with Crippen LogP contribution in [0.15, 0.2) is 39.7 Å². The summed E-state index contributed by atoms with van der Waals surface area (Å²) in [6, 6.07) is 6.85. The van der Waals surface area contributed by atoms with Crippen LogP contribution in [0.25, 0.3) is 11.3 Å². The van der Waals surface area contributed by atoms with Crippen LogP contribution < -0.4 is 4.80 Å². The average molecular weight is 331 g/mol. The fraction of sp³-hybridized carbons (Fsp3) is 0.444. The van der Waals surface area contributed by atoms with E-state index in [1.54, 1.807) is 12.1 Å². The monoisotopic (exact) mass is 331 g/mol. The van der Waals surface area contributed by atoms with Crippen molar-refractivity contribution in [2.24, 2.45) is 16.0 Å². The van der Waals surface area contributed by atoms with Gasteiger partial charge in [-0.25, -0.2) is 9.07 Å². The summed E-state index contributed by atoms with van der Waals surface area (Å²) in [5.41, 5.74) is 2.55. The molecule has 1 aromatic heterocycles. The Bertz CT molecular complexity index is 763. The number of halogens is 1. The lowest BCUT2D eigenvalue weighted by atomic mass is 9.90. The van der Waals surface area contributed by atoms with Crippen LogP contribution in [0.2, 0.25) is 0 Å². The van der Waals surface area contributed by atoms with Gasteiger partial charge in [0.1, 0.15) is 5.82 Å². The first-order chi connectivity index (χ1) is 11.2. The van der Waals surface area contributed by atoms with Crippen molar-refractivity contribution in [2.75, 3.05) is 6.54 Å². The number of aromatic nitrogens is 1. The van der Waals surface area contributed by atoms with E-state index in [0.717, 1.165) is 29.3 Å². The van der Waals surface area contributed by atoms with Crippen LogP contribution in [-0.2, 0) is 0 Å². The normalized spacial score (nSPS) is 19.2. The molecule has 0 saturated heterocycles. The minimum Gasteiger partial charge on any atom is -0.258 e. The number of thiazole rings is 1. The summed E-state index contributed by atoms with van der Waals surface area (Å²) in [7, 11) is 0. The molecule has 1 aromatic carbocycles. The number of hydrogen-bond donors (Lipinski definition) is 0. The van der Waals surface area contributed by atoms with E-state index in [0.29, 0.717) is 12.1 Å².